The molecule has 1 aliphatic heterocycles. The maximum Gasteiger partial charge on any atom is 0.154 e. The van der Waals surface area contributed by atoms with Gasteiger partial charge in [0, 0.05) is 6.20 Å². The Morgan fingerprint density at radius 3 is 2.94 bits per heavy atom. The standard InChI is InChI=1S/C13H14ClN3O/c1-3-10-5-4-6-12(15-13(10)14)17-7-11(8-18)9(2)16-17/h4,6-8H,3,5H2,1-2H3. The summed E-state index contributed by atoms with van der Waals surface area (Å²) in [6, 6.07) is 0. The van der Waals surface area contributed by atoms with Gasteiger partial charge in [-0.3, -0.25) is 4.79 Å². The summed E-state index contributed by atoms with van der Waals surface area (Å²) in [5.41, 5.74) is 2.34. The van der Waals surface area contributed by atoms with Crippen LogP contribution in [0.25, 0.3) is 0 Å². The average molecular weight is 264 g/mol. The Kier molecular flexibility index (Phi) is 3.77. The van der Waals surface area contributed by atoms with Crippen LogP contribution in [0.3, 0.4) is 0 Å². The molecule has 0 spiro atoms. The normalized spacial score (nSPS) is 15.6. The Bertz CT molecular complexity index is 567. The van der Waals surface area contributed by atoms with E-state index in [1.165, 1.54) is 0 Å². The first-order valence-electron chi connectivity index (χ1n) is 5.80. The Hall–Kier alpha value is -1.68. The van der Waals surface area contributed by atoms with Gasteiger partial charge in [-0.15, -0.1) is 0 Å². The van der Waals surface area contributed by atoms with E-state index in [1.807, 2.05) is 12.2 Å². The highest BCUT2D eigenvalue weighted by Gasteiger charge is 2.10. The number of allylic oxidation sites excluding steroid dienone is 3. The summed E-state index contributed by atoms with van der Waals surface area (Å²) in [5, 5.41) is 4.77. The molecular weight excluding hydrogens is 250 g/mol. The highest BCUT2D eigenvalue weighted by atomic mass is 35.5. The summed E-state index contributed by atoms with van der Waals surface area (Å²) < 4.78 is 1.58. The molecule has 94 valence electrons. The molecule has 0 bridgehead atoms. The quantitative estimate of drug-likeness (QED) is 0.608. The van der Waals surface area contributed by atoms with Gasteiger partial charge in [-0.05, 0) is 31.4 Å². The lowest BCUT2D eigenvalue weighted by molar-refractivity contribution is 0.112. The first kappa shape index (κ1) is 12.8. The molecule has 0 saturated heterocycles. The number of aryl methyl sites for hydroxylation is 1. The van der Waals surface area contributed by atoms with E-state index < -0.39 is 0 Å². The van der Waals surface area contributed by atoms with E-state index in [-0.39, 0.29) is 0 Å². The first-order chi connectivity index (χ1) is 8.65. The molecule has 2 rings (SSSR count). The lowest BCUT2D eigenvalue weighted by Crippen LogP contribution is -2.09. The third-order valence-electron chi connectivity index (χ3n) is 2.86. The van der Waals surface area contributed by atoms with Crippen LogP contribution in [-0.4, -0.2) is 21.9 Å². The summed E-state index contributed by atoms with van der Waals surface area (Å²) in [7, 11) is 0. The topological polar surface area (TPSA) is 47.2 Å². The minimum Gasteiger partial charge on any atom is -0.298 e. The van der Waals surface area contributed by atoms with E-state index in [0.717, 1.165) is 24.7 Å². The summed E-state index contributed by atoms with van der Waals surface area (Å²) in [6.07, 6.45) is 7.98. The molecule has 18 heavy (non-hydrogen) atoms. The van der Waals surface area contributed by atoms with Crippen molar-refractivity contribution in [3.63, 3.8) is 0 Å². The second-order valence-electron chi connectivity index (χ2n) is 4.06. The molecular formula is C13H14ClN3O. The van der Waals surface area contributed by atoms with Crippen molar-refractivity contribution >= 4 is 23.7 Å². The average Bonchev–Trinajstić information content (AvgIpc) is 2.63. The Morgan fingerprint density at radius 1 is 1.56 bits per heavy atom. The van der Waals surface area contributed by atoms with Crippen molar-refractivity contribution in [1.29, 1.82) is 0 Å². The zero-order valence-electron chi connectivity index (χ0n) is 10.4. The number of aromatic nitrogens is 2. The minimum atomic E-state index is 0.512. The fourth-order valence-electron chi connectivity index (χ4n) is 1.73. The number of aldehydes is 1. The van der Waals surface area contributed by atoms with Crippen LogP contribution in [-0.2, 0) is 0 Å². The monoisotopic (exact) mass is 263 g/mol. The molecule has 0 aliphatic carbocycles. The number of halogens is 1. The molecule has 4 nitrogen and oxygen atoms in total. The van der Waals surface area contributed by atoms with Crippen LogP contribution in [0.1, 0.15) is 35.8 Å². The molecule has 0 fully saturated rings. The number of aliphatic imine (C=N–C) groups is 1. The van der Waals surface area contributed by atoms with Gasteiger partial charge in [0.15, 0.2) is 12.1 Å². The summed E-state index contributed by atoms with van der Waals surface area (Å²) in [5.74, 6) is 0.625. The molecule has 1 aromatic heterocycles. The lowest BCUT2D eigenvalue weighted by atomic mass is 10.1. The zero-order valence-corrected chi connectivity index (χ0v) is 11.1. The molecule has 0 radical (unpaired) electrons. The van der Waals surface area contributed by atoms with Crippen LogP contribution in [0.5, 0.6) is 0 Å². The lowest BCUT2D eigenvalue weighted by Gasteiger charge is -2.01. The van der Waals surface area contributed by atoms with Crippen molar-refractivity contribution in [2.24, 2.45) is 4.99 Å². The molecule has 5 heteroatoms. The molecule has 0 saturated carbocycles. The predicted molar refractivity (Wildman–Crippen MR) is 72.1 cm³/mol. The second kappa shape index (κ2) is 5.31. The number of hydrogen-bond donors (Lipinski definition) is 0. The van der Waals surface area contributed by atoms with E-state index >= 15 is 0 Å². The van der Waals surface area contributed by atoms with E-state index in [2.05, 4.69) is 17.0 Å². The molecule has 0 N–H and O–H groups in total. The summed E-state index contributed by atoms with van der Waals surface area (Å²) >= 11 is 6.15. The van der Waals surface area contributed by atoms with Gasteiger partial charge in [0.25, 0.3) is 0 Å². The minimum absolute atomic E-state index is 0.512. The SMILES string of the molecule is CCC1=C(Cl)N=C(n2cc(C=O)c(C)n2)C=CC1. The summed E-state index contributed by atoms with van der Waals surface area (Å²) in [4.78, 5) is 15.2. The maximum atomic E-state index is 10.8. The Balaban J connectivity index is 2.44. The van der Waals surface area contributed by atoms with Gasteiger partial charge in [0.2, 0.25) is 0 Å². The molecule has 0 atom stereocenters. The van der Waals surface area contributed by atoms with Crippen molar-refractivity contribution in [1.82, 2.24) is 9.78 Å². The number of hydrogen-bond acceptors (Lipinski definition) is 3. The highest BCUT2D eigenvalue weighted by molar-refractivity contribution is 6.30. The van der Waals surface area contributed by atoms with Gasteiger partial charge in [-0.2, -0.15) is 5.10 Å². The van der Waals surface area contributed by atoms with Crippen LogP contribution < -0.4 is 0 Å². The third kappa shape index (κ3) is 2.43. The molecule has 2 heterocycles. The van der Waals surface area contributed by atoms with Gasteiger partial charge in [0.05, 0.1) is 11.3 Å². The molecule has 0 unspecified atom stereocenters. The Labute approximate surface area is 111 Å². The molecule has 1 aromatic rings. The first-order valence-corrected chi connectivity index (χ1v) is 6.18. The third-order valence-corrected chi connectivity index (χ3v) is 3.21. The predicted octanol–water partition coefficient (Wildman–Crippen LogP) is 3.07. The van der Waals surface area contributed by atoms with Crippen molar-refractivity contribution < 1.29 is 4.79 Å². The molecule has 1 aliphatic rings. The van der Waals surface area contributed by atoms with Gasteiger partial charge in [0.1, 0.15) is 5.16 Å². The van der Waals surface area contributed by atoms with Crippen molar-refractivity contribution in [3.05, 3.63) is 40.3 Å². The number of carbonyl (C=O) groups is 1. The van der Waals surface area contributed by atoms with Gasteiger partial charge < -0.3 is 0 Å². The van der Waals surface area contributed by atoms with Crippen molar-refractivity contribution in [2.75, 3.05) is 0 Å². The fourth-order valence-corrected chi connectivity index (χ4v) is 2.03. The maximum absolute atomic E-state index is 10.8. The smallest absolute Gasteiger partial charge is 0.154 e. The van der Waals surface area contributed by atoms with E-state index in [0.29, 0.717) is 22.2 Å². The second-order valence-corrected chi connectivity index (χ2v) is 4.41. The van der Waals surface area contributed by atoms with Crippen LogP contribution in [0.2, 0.25) is 0 Å². The number of rotatable bonds is 2. The van der Waals surface area contributed by atoms with Gasteiger partial charge >= 0.3 is 0 Å². The molecule has 0 amide bonds. The Morgan fingerprint density at radius 2 is 2.33 bits per heavy atom. The van der Waals surface area contributed by atoms with Crippen LogP contribution >= 0.6 is 11.6 Å². The number of nitrogens with zero attached hydrogens (tertiary/aromatic N) is 3. The van der Waals surface area contributed by atoms with Crippen LogP contribution in [0, 0.1) is 6.92 Å². The van der Waals surface area contributed by atoms with Gasteiger partial charge in [-0.1, -0.05) is 24.6 Å². The van der Waals surface area contributed by atoms with Crippen molar-refractivity contribution in [2.45, 2.75) is 26.7 Å². The van der Waals surface area contributed by atoms with Crippen molar-refractivity contribution in [3.8, 4) is 0 Å². The van der Waals surface area contributed by atoms with E-state index in [4.69, 9.17) is 11.6 Å². The van der Waals surface area contributed by atoms with E-state index in [9.17, 15) is 4.79 Å². The van der Waals surface area contributed by atoms with Crippen LogP contribution in [0.4, 0.5) is 0 Å². The zero-order chi connectivity index (χ0) is 13.1. The van der Waals surface area contributed by atoms with Gasteiger partial charge in [-0.25, -0.2) is 9.67 Å². The van der Waals surface area contributed by atoms with Crippen LogP contribution in [0.15, 0.2) is 34.1 Å². The largest absolute Gasteiger partial charge is 0.298 e. The summed E-state index contributed by atoms with van der Waals surface area (Å²) in [6.45, 7) is 3.84. The highest BCUT2D eigenvalue weighted by Crippen LogP contribution is 2.21. The fraction of sp³-hybridized carbons (Fsp3) is 0.308. The van der Waals surface area contributed by atoms with E-state index in [1.54, 1.807) is 17.8 Å². The number of carbonyl (C=O) groups excluding carboxylic acids is 1. The molecule has 0 aromatic carbocycles.